The third-order valence-corrected chi connectivity index (χ3v) is 4.55. The van der Waals surface area contributed by atoms with Crippen LogP contribution >= 0.6 is 0 Å². The topological polar surface area (TPSA) is 80.3 Å². The fourth-order valence-corrected chi connectivity index (χ4v) is 3.24. The summed E-state index contributed by atoms with van der Waals surface area (Å²) < 4.78 is 6.76. The smallest absolute Gasteiger partial charge is 0.275 e. The van der Waals surface area contributed by atoms with Gasteiger partial charge in [-0.15, -0.1) is 0 Å². The molecule has 0 bridgehead atoms. The van der Waals surface area contributed by atoms with Crippen molar-refractivity contribution < 1.29 is 9.32 Å². The summed E-state index contributed by atoms with van der Waals surface area (Å²) in [5.41, 5.74) is 1.50. The van der Waals surface area contributed by atoms with E-state index in [1.807, 2.05) is 36.2 Å². The van der Waals surface area contributed by atoms with Crippen LogP contribution in [0.5, 0.6) is 0 Å². The molecule has 3 heterocycles. The van der Waals surface area contributed by atoms with Crippen LogP contribution in [0.4, 0.5) is 0 Å². The van der Waals surface area contributed by atoms with Gasteiger partial charge in [0.25, 0.3) is 5.91 Å². The van der Waals surface area contributed by atoms with Crippen molar-refractivity contribution in [1.29, 1.82) is 0 Å². The summed E-state index contributed by atoms with van der Waals surface area (Å²) in [6, 6.07) is 7.82. The van der Waals surface area contributed by atoms with Gasteiger partial charge in [0, 0.05) is 45.5 Å². The standard InChI is InChI=1S/C17H20N6O2/c1-12-18-15(20-25-12)11-22-7-9-23(10-8-22)17(24)16-13-5-3-4-6-14(13)21(2)19-16/h3-6H,7-11H2,1-2H3. The van der Waals surface area contributed by atoms with Crippen LogP contribution in [0.2, 0.25) is 0 Å². The van der Waals surface area contributed by atoms with Gasteiger partial charge in [0.2, 0.25) is 5.89 Å². The molecule has 0 radical (unpaired) electrons. The highest BCUT2D eigenvalue weighted by Crippen LogP contribution is 2.19. The minimum atomic E-state index is -0.00754. The van der Waals surface area contributed by atoms with Crippen LogP contribution < -0.4 is 0 Å². The zero-order chi connectivity index (χ0) is 17.4. The molecule has 1 aliphatic heterocycles. The maximum Gasteiger partial charge on any atom is 0.275 e. The average Bonchev–Trinajstić information content (AvgIpc) is 3.19. The molecule has 1 amide bonds. The number of hydrogen-bond donors (Lipinski definition) is 0. The Hall–Kier alpha value is -2.74. The summed E-state index contributed by atoms with van der Waals surface area (Å²) in [6.45, 7) is 5.32. The first-order chi connectivity index (χ1) is 12.1. The van der Waals surface area contributed by atoms with Gasteiger partial charge < -0.3 is 9.42 Å². The number of piperazine rings is 1. The van der Waals surface area contributed by atoms with Crippen LogP contribution in [0.3, 0.4) is 0 Å². The average molecular weight is 340 g/mol. The maximum absolute atomic E-state index is 12.9. The van der Waals surface area contributed by atoms with Crippen LogP contribution in [0.25, 0.3) is 10.9 Å². The zero-order valence-electron chi connectivity index (χ0n) is 14.3. The highest BCUT2D eigenvalue weighted by atomic mass is 16.5. The molecular formula is C17H20N6O2. The normalized spacial score (nSPS) is 15.8. The van der Waals surface area contributed by atoms with Crippen LogP contribution in [-0.2, 0) is 13.6 Å². The fourth-order valence-electron chi connectivity index (χ4n) is 3.24. The van der Waals surface area contributed by atoms with Crippen molar-refractivity contribution in [2.75, 3.05) is 26.2 Å². The number of benzene rings is 1. The van der Waals surface area contributed by atoms with E-state index < -0.39 is 0 Å². The van der Waals surface area contributed by atoms with Gasteiger partial charge in [-0.05, 0) is 6.07 Å². The van der Waals surface area contributed by atoms with Crippen LogP contribution in [0.15, 0.2) is 28.8 Å². The van der Waals surface area contributed by atoms with E-state index in [2.05, 4.69) is 20.1 Å². The van der Waals surface area contributed by atoms with Crippen molar-refractivity contribution in [3.05, 3.63) is 41.7 Å². The number of fused-ring (bicyclic) bond motifs is 1. The van der Waals surface area contributed by atoms with E-state index in [-0.39, 0.29) is 5.91 Å². The largest absolute Gasteiger partial charge is 0.340 e. The number of aryl methyl sites for hydroxylation is 2. The Morgan fingerprint density at radius 3 is 2.68 bits per heavy atom. The summed E-state index contributed by atoms with van der Waals surface area (Å²) in [7, 11) is 1.87. The lowest BCUT2D eigenvalue weighted by Crippen LogP contribution is -2.48. The molecule has 3 aromatic rings. The van der Waals surface area contributed by atoms with E-state index in [0.29, 0.717) is 37.0 Å². The van der Waals surface area contributed by atoms with Gasteiger partial charge in [0.05, 0.1) is 12.1 Å². The predicted octanol–water partition coefficient (Wildman–Crippen LogP) is 1.22. The Morgan fingerprint density at radius 2 is 1.96 bits per heavy atom. The van der Waals surface area contributed by atoms with Crippen molar-refractivity contribution in [3.63, 3.8) is 0 Å². The van der Waals surface area contributed by atoms with Crippen LogP contribution in [-0.4, -0.2) is 61.8 Å². The number of nitrogens with zero attached hydrogens (tertiary/aromatic N) is 6. The summed E-state index contributed by atoms with van der Waals surface area (Å²) in [6.07, 6.45) is 0. The SMILES string of the molecule is Cc1nc(CN2CCN(C(=O)c3nn(C)c4ccccc34)CC2)no1. The van der Waals surface area contributed by atoms with E-state index >= 15 is 0 Å². The van der Waals surface area contributed by atoms with Crippen molar-refractivity contribution in [1.82, 2.24) is 29.7 Å². The molecule has 1 aliphatic rings. The van der Waals surface area contributed by atoms with E-state index in [4.69, 9.17) is 4.52 Å². The molecule has 0 spiro atoms. The van der Waals surface area contributed by atoms with Gasteiger partial charge >= 0.3 is 0 Å². The van der Waals surface area contributed by atoms with Crippen molar-refractivity contribution >= 4 is 16.8 Å². The molecule has 0 saturated carbocycles. The molecular weight excluding hydrogens is 320 g/mol. The minimum Gasteiger partial charge on any atom is -0.340 e. The number of carbonyl (C=O) groups excluding carboxylic acids is 1. The third kappa shape index (κ3) is 3.00. The summed E-state index contributed by atoms with van der Waals surface area (Å²) in [5, 5.41) is 9.26. The minimum absolute atomic E-state index is 0.00754. The Balaban J connectivity index is 1.44. The molecule has 8 heteroatoms. The lowest BCUT2D eigenvalue weighted by atomic mass is 10.2. The monoisotopic (exact) mass is 340 g/mol. The van der Waals surface area contributed by atoms with Gasteiger partial charge in [0.15, 0.2) is 11.5 Å². The second-order valence-electron chi connectivity index (χ2n) is 6.29. The summed E-state index contributed by atoms with van der Waals surface area (Å²) >= 11 is 0. The summed E-state index contributed by atoms with van der Waals surface area (Å²) in [4.78, 5) is 21.2. The molecule has 1 fully saturated rings. The molecule has 4 rings (SSSR count). The molecule has 0 aliphatic carbocycles. The Kier molecular flexibility index (Phi) is 3.96. The molecule has 1 aromatic carbocycles. The number of amides is 1. The molecule has 130 valence electrons. The van der Waals surface area contributed by atoms with E-state index in [1.54, 1.807) is 11.6 Å². The number of para-hydroxylation sites is 1. The van der Waals surface area contributed by atoms with Crippen molar-refractivity contribution in [3.8, 4) is 0 Å². The highest BCUT2D eigenvalue weighted by Gasteiger charge is 2.26. The van der Waals surface area contributed by atoms with E-state index in [0.717, 1.165) is 24.0 Å². The first kappa shape index (κ1) is 15.8. The number of rotatable bonds is 3. The van der Waals surface area contributed by atoms with E-state index in [1.165, 1.54) is 0 Å². The van der Waals surface area contributed by atoms with Gasteiger partial charge in [-0.3, -0.25) is 14.4 Å². The fraction of sp³-hybridized carbons (Fsp3) is 0.412. The second kappa shape index (κ2) is 6.29. The first-order valence-electron chi connectivity index (χ1n) is 8.34. The molecule has 2 aromatic heterocycles. The molecule has 25 heavy (non-hydrogen) atoms. The lowest BCUT2D eigenvalue weighted by molar-refractivity contribution is 0.0619. The molecule has 0 atom stereocenters. The van der Waals surface area contributed by atoms with Crippen molar-refractivity contribution in [2.24, 2.45) is 7.05 Å². The van der Waals surface area contributed by atoms with Crippen molar-refractivity contribution in [2.45, 2.75) is 13.5 Å². The predicted molar refractivity (Wildman–Crippen MR) is 90.9 cm³/mol. The van der Waals surface area contributed by atoms with Gasteiger partial charge in [0.1, 0.15) is 0 Å². The van der Waals surface area contributed by atoms with Crippen LogP contribution in [0.1, 0.15) is 22.2 Å². The van der Waals surface area contributed by atoms with Gasteiger partial charge in [-0.2, -0.15) is 10.1 Å². The quantitative estimate of drug-likeness (QED) is 0.713. The molecule has 0 unspecified atom stereocenters. The van der Waals surface area contributed by atoms with Gasteiger partial charge in [-0.1, -0.05) is 23.4 Å². The number of hydrogen-bond acceptors (Lipinski definition) is 6. The lowest BCUT2D eigenvalue weighted by Gasteiger charge is -2.33. The second-order valence-corrected chi connectivity index (χ2v) is 6.29. The Morgan fingerprint density at radius 1 is 1.20 bits per heavy atom. The third-order valence-electron chi connectivity index (χ3n) is 4.55. The first-order valence-corrected chi connectivity index (χ1v) is 8.34. The zero-order valence-corrected chi connectivity index (χ0v) is 14.3. The van der Waals surface area contributed by atoms with E-state index in [9.17, 15) is 4.79 Å². The maximum atomic E-state index is 12.9. The molecule has 8 nitrogen and oxygen atoms in total. The molecule has 1 saturated heterocycles. The van der Waals surface area contributed by atoms with Gasteiger partial charge in [-0.25, -0.2) is 0 Å². The van der Waals surface area contributed by atoms with Crippen LogP contribution in [0, 0.1) is 6.92 Å². The number of carbonyl (C=O) groups is 1. The molecule has 0 N–H and O–H groups in total. The Labute approximate surface area is 145 Å². The highest BCUT2D eigenvalue weighted by molar-refractivity contribution is 6.04. The Bertz CT molecular complexity index is 907. The number of aromatic nitrogens is 4. The summed E-state index contributed by atoms with van der Waals surface area (Å²) in [5.74, 6) is 1.26.